The molecule has 1 amide bonds. The number of anilines is 2. The van der Waals surface area contributed by atoms with E-state index >= 15 is 0 Å². The molecule has 1 aromatic carbocycles. The molecule has 2 rings (SSSR count). The zero-order chi connectivity index (χ0) is 13.0. The number of ether oxygens (including phenoxy) is 2. The van der Waals surface area contributed by atoms with Crippen molar-refractivity contribution in [1.82, 2.24) is 0 Å². The number of amides is 1. The molecule has 0 radical (unpaired) electrons. The highest BCUT2D eigenvalue weighted by atomic mass is 35.5. The molecular formula is C12H15ClN2O3. The minimum Gasteiger partial charge on any atom is -0.397 e. The summed E-state index contributed by atoms with van der Waals surface area (Å²) < 4.78 is 10.4. The van der Waals surface area contributed by atoms with E-state index < -0.39 is 0 Å². The van der Waals surface area contributed by atoms with Gasteiger partial charge >= 0.3 is 0 Å². The number of hydrogen-bond donors (Lipinski definition) is 2. The summed E-state index contributed by atoms with van der Waals surface area (Å²) in [5, 5.41) is 3.23. The van der Waals surface area contributed by atoms with Crippen molar-refractivity contribution < 1.29 is 14.3 Å². The maximum atomic E-state index is 11.6. The summed E-state index contributed by atoms with van der Waals surface area (Å²) in [4.78, 5) is 11.6. The lowest BCUT2D eigenvalue weighted by Crippen LogP contribution is -2.36. The molecule has 1 aliphatic rings. The number of carbonyl (C=O) groups excluding carboxylic acids is 1. The summed E-state index contributed by atoms with van der Waals surface area (Å²) in [7, 11) is 0. The molecule has 0 unspecified atom stereocenters. The number of carbonyl (C=O) groups is 1. The van der Waals surface area contributed by atoms with E-state index in [1.54, 1.807) is 18.2 Å². The van der Waals surface area contributed by atoms with Gasteiger partial charge < -0.3 is 20.5 Å². The number of hydrogen-bond acceptors (Lipinski definition) is 4. The van der Waals surface area contributed by atoms with Crippen molar-refractivity contribution in [3.63, 3.8) is 0 Å². The van der Waals surface area contributed by atoms with Crippen LogP contribution in [0.1, 0.15) is 6.42 Å². The van der Waals surface area contributed by atoms with Crippen LogP contribution in [0.25, 0.3) is 0 Å². The predicted molar refractivity (Wildman–Crippen MR) is 69.7 cm³/mol. The zero-order valence-corrected chi connectivity index (χ0v) is 10.6. The maximum absolute atomic E-state index is 11.6. The van der Waals surface area contributed by atoms with Crippen LogP contribution in [0.5, 0.6) is 0 Å². The number of benzene rings is 1. The highest BCUT2D eigenvalue weighted by Crippen LogP contribution is 2.22. The summed E-state index contributed by atoms with van der Waals surface area (Å²) >= 11 is 5.83. The highest BCUT2D eigenvalue weighted by Gasteiger charge is 2.18. The van der Waals surface area contributed by atoms with Gasteiger partial charge in [0.1, 0.15) is 6.10 Å². The normalized spacial score (nSPS) is 15.2. The van der Waals surface area contributed by atoms with Crippen LogP contribution in [0.4, 0.5) is 11.4 Å². The first-order chi connectivity index (χ1) is 8.65. The largest absolute Gasteiger partial charge is 0.397 e. The van der Waals surface area contributed by atoms with Gasteiger partial charge in [-0.05, 0) is 18.2 Å². The van der Waals surface area contributed by atoms with Gasteiger partial charge in [-0.3, -0.25) is 4.79 Å². The van der Waals surface area contributed by atoms with Gasteiger partial charge in [0.05, 0.1) is 37.6 Å². The van der Waals surface area contributed by atoms with Gasteiger partial charge in [-0.2, -0.15) is 0 Å². The van der Waals surface area contributed by atoms with Gasteiger partial charge in [-0.25, -0.2) is 0 Å². The Kier molecular flexibility index (Phi) is 4.41. The quantitative estimate of drug-likeness (QED) is 0.798. The third-order valence-electron chi connectivity index (χ3n) is 2.58. The molecule has 1 fully saturated rings. The molecule has 0 bridgehead atoms. The molecule has 98 valence electrons. The molecule has 0 aliphatic carbocycles. The second-order valence-corrected chi connectivity index (χ2v) is 4.50. The predicted octanol–water partition coefficient (Wildman–Crippen LogP) is 1.67. The Morgan fingerprint density at radius 2 is 2.33 bits per heavy atom. The summed E-state index contributed by atoms with van der Waals surface area (Å²) in [6, 6.07) is 4.95. The number of nitrogens with one attached hydrogen (secondary N) is 1. The minimum absolute atomic E-state index is 0.133. The van der Waals surface area contributed by atoms with E-state index in [4.69, 9.17) is 26.8 Å². The average Bonchev–Trinajstić information content (AvgIpc) is 2.27. The summed E-state index contributed by atoms with van der Waals surface area (Å²) in [5.74, 6) is -0.149. The Bertz CT molecular complexity index is 435. The summed E-state index contributed by atoms with van der Waals surface area (Å²) in [6.45, 7) is 1.60. The molecule has 18 heavy (non-hydrogen) atoms. The van der Waals surface area contributed by atoms with Crippen LogP contribution in [0, 0.1) is 0 Å². The molecule has 1 aliphatic heterocycles. The lowest BCUT2D eigenvalue weighted by molar-refractivity contribution is -0.135. The summed E-state index contributed by atoms with van der Waals surface area (Å²) in [6.07, 6.45) is 0.414. The van der Waals surface area contributed by atoms with E-state index in [-0.39, 0.29) is 18.4 Å². The molecule has 3 N–H and O–H groups in total. The second-order valence-electron chi connectivity index (χ2n) is 4.06. The highest BCUT2D eigenvalue weighted by molar-refractivity contribution is 6.31. The van der Waals surface area contributed by atoms with Crippen molar-refractivity contribution in [3.05, 3.63) is 23.2 Å². The first-order valence-electron chi connectivity index (χ1n) is 5.69. The van der Waals surface area contributed by atoms with Gasteiger partial charge in [0.15, 0.2) is 0 Å². The van der Waals surface area contributed by atoms with Crippen LogP contribution in [0.2, 0.25) is 5.02 Å². The molecule has 1 heterocycles. The zero-order valence-electron chi connectivity index (χ0n) is 9.82. The smallest absolute Gasteiger partial charge is 0.226 e. The first-order valence-corrected chi connectivity index (χ1v) is 6.07. The van der Waals surface area contributed by atoms with Crippen molar-refractivity contribution in [2.24, 2.45) is 0 Å². The van der Waals surface area contributed by atoms with E-state index in [1.165, 1.54) is 0 Å². The van der Waals surface area contributed by atoms with Crippen LogP contribution < -0.4 is 11.1 Å². The molecule has 1 aromatic rings. The molecule has 0 aromatic heterocycles. The topological polar surface area (TPSA) is 73.6 Å². The molecule has 0 saturated carbocycles. The van der Waals surface area contributed by atoms with Crippen molar-refractivity contribution in [2.45, 2.75) is 12.5 Å². The SMILES string of the molecule is Nc1ccc(Cl)cc1NC(=O)CCOC1COC1. The van der Waals surface area contributed by atoms with Crippen molar-refractivity contribution in [1.29, 1.82) is 0 Å². The van der Waals surface area contributed by atoms with Crippen LogP contribution in [-0.4, -0.2) is 31.8 Å². The Labute approximate surface area is 110 Å². The van der Waals surface area contributed by atoms with Crippen LogP contribution >= 0.6 is 11.6 Å². The fraction of sp³-hybridized carbons (Fsp3) is 0.417. The number of rotatable bonds is 5. The van der Waals surface area contributed by atoms with E-state index in [0.29, 0.717) is 36.2 Å². The van der Waals surface area contributed by atoms with Gasteiger partial charge in [0.2, 0.25) is 5.91 Å². The minimum atomic E-state index is -0.149. The molecule has 0 atom stereocenters. The first kappa shape index (κ1) is 13.1. The van der Waals surface area contributed by atoms with E-state index in [2.05, 4.69) is 5.32 Å². The van der Waals surface area contributed by atoms with Crippen molar-refractivity contribution >= 4 is 28.9 Å². The summed E-state index contributed by atoms with van der Waals surface area (Å²) in [5.41, 5.74) is 6.74. The molecule has 6 heteroatoms. The van der Waals surface area contributed by atoms with Gasteiger partial charge in [-0.1, -0.05) is 11.6 Å². The van der Waals surface area contributed by atoms with E-state index in [0.717, 1.165) is 0 Å². The Morgan fingerprint density at radius 1 is 1.56 bits per heavy atom. The number of nitrogen functional groups attached to an aromatic ring is 1. The Hall–Kier alpha value is -1.30. The Balaban J connectivity index is 1.77. The standard InChI is InChI=1S/C12H15ClN2O3/c13-8-1-2-10(14)11(5-8)15-12(16)3-4-18-9-6-17-7-9/h1-2,5,9H,3-4,6-7,14H2,(H,15,16). The average molecular weight is 271 g/mol. The van der Waals surface area contributed by atoms with Crippen molar-refractivity contribution in [3.8, 4) is 0 Å². The second kappa shape index (κ2) is 6.04. The molecule has 1 saturated heterocycles. The number of nitrogens with two attached hydrogens (primary N) is 1. The lowest BCUT2D eigenvalue weighted by Gasteiger charge is -2.25. The Morgan fingerprint density at radius 3 is 3.00 bits per heavy atom. The monoisotopic (exact) mass is 270 g/mol. The van der Waals surface area contributed by atoms with E-state index in [9.17, 15) is 4.79 Å². The van der Waals surface area contributed by atoms with Gasteiger partial charge in [0, 0.05) is 5.02 Å². The fourth-order valence-electron chi connectivity index (χ4n) is 1.48. The van der Waals surface area contributed by atoms with Gasteiger partial charge in [-0.15, -0.1) is 0 Å². The van der Waals surface area contributed by atoms with Gasteiger partial charge in [0.25, 0.3) is 0 Å². The molecule has 5 nitrogen and oxygen atoms in total. The lowest BCUT2D eigenvalue weighted by atomic mass is 10.2. The number of halogens is 1. The molecule has 0 spiro atoms. The fourth-order valence-corrected chi connectivity index (χ4v) is 1.65. The third kappa shape index (κ3) is 3.60. The van der Waals surface area contributed by atoms with Crippen molar-refractivity contribution in [2.75, 3.05) is 30.9 Å². The van der Waals surface area contributed by atoms with Crippen LogP contribution in [0.15, 0.2) is 18.2 Å². The maximum Gasteiger partial charge on any atom is 0.226 e. The van der Waals surface area contributed by atoms with E-state index in [1.807, 2.05) is 0 Å². The third-order valence-corrected chi connectivity index (χ3v) is 2.81. The molecular weight excluding hydrogens is 256 g/mol. The van der Waals surface area contributed by atoms with Crippen LogP contribution in [-0.2, 0) is 14.3 Å². The van der Waals surface area contributed by atoms with Crippen LogP contribution in [0.3, 0.4) is 0 Å².